The summed E-state index contributed by atoms with van der Waals surface area (Å²) in [6.45, 7) is 18.8. The van der Waals surface area contributed by atoms with Crippen LogP contribution >= 0.6 is 0 Å². The van der Waals surface area contributed by atoms with Crippen LogP contribution in [0.15, 0.2) is 60.0 Å². The Hall–Kier alpha value is -6.35. The van der Waals surface area contributed by atoms with Crippen LogP contribution in [-0.4, -0.2) is 69.6 Å². The third kappa shape index (κ3) is 59.2. The zero-order chi connectivity index (χ0) is 90.6. The highest BCUT2D eigenvalue weighted by Crippen LogP contribution is 2.42. The van der Waals surface area contributed by atoms with Crippen LogP contribution in [0.1, 0.15) is 532 Å². The third-order valence-electron chi connectivity index (χ3n) is 25.6. The van der Waals surface area contributed by atoms with Crippen molar-refractivity contribution in [3.8, 4) is 46.0 Å². The van der Waals surface area contributed by atoms with Crippen LogP contribution in [0, 0.1) is 0 Å². The lowest BCUT2D eigenvalue weighted by Crippen LogP contribution is -2.08. The second-order valence-corrected chi connectivity index (χ2v) is 37.8. The largest absolute Gasteiger partial charge is 0.490 e. The highest BCUT2D eigenvalue weighted by molar-refractivity contribution is 5.55. The van der Waals surface area contributed by atoms with Gasteiger partial charge in [-0.25, -0.2) is 9.36 Å². The average Bonchev–Trinajstić information content (AvgIpc) is 1.32. The van der Waals surface area contributed by atoms with Gasteiger partial charge in [0.15, 0.2) is 34.5 Å². The van der Waals surface area contributed by atoms with Gasteiger partial charge < -0.3 is 37.9 Å². The first-order valence-corrected chi connectivity index (χ1v) is 54.7. The number of ether oxygens (including phenoxy) is 8. The molecule has 0 atom stereocenters. The Labute approximate surface area is 784 Å². The predicted octanol–water partition coefficient (Wildman–Crippen LogP) is 35.4. The fraction of sp³-hybridized carbons (Fsp3) is 0.802. The highest BCUT2D eigenvalue weighted by atomic mass is 16.6. The van der Waals surface area contributed by atoms with Crippen LogP contribution in [0.5, 0.6) is 46.0 Å². The minimum Gasteiger partial charge on any atom is -0.490 e. The SMILES string of the molecule is CCCCCCCCCCCCCCOc1cc(Cn2cc(COc3ccc(CN=[N+]=[N-])cc3OCc3cn(Cc4cc(OCCCCCCCCCCCCCC)c(OCCCCCCCCCCCCCC)c(OCCCCCCCCCCCCCC)c4)nn3)nn2)cc(OCCCCCCCCCCCCCC)c1OCCCCCCCCCCCCCC. The van der Waals surface area contributed by atoms with Crippen molar-refractivity contribution in [2.24, 2.45) is 5.11 Å². The minimum absolute atomic E-state index is 0.115. The molecule has 2 heterocycles. The fourth-order valence-corrected chi connectivity index (χ4v) is 17.5. The van der Waals surface area contributed by atoms with Crippen LogP contribution in [0.2, 0.25) is 0 Å². The molecule has 5 aromatic rings. The van der Waals surface area contributed by atoms with E-state index in [-0.39, 0.29) is 19.8 Å². The maximum Gasteiger partial charge on any atom is 0.203 e. The second kappa shape index (κ2) is 82.5. The molecule has 0 amide bonds. The van der Waals surface area contributed by atoms with Gasteiger partial charge in [-0.2, -0.15) is 0 Å². The summed E-state index contributed by atoms with van der Waals surface area (Å²) in [6.07, 6.45) is 96.9. The summed E-state index contributed by atoms with van der Waals surface area (Å²) in [5.41, 5.74) is 13.4. The Bertz CT molecular complexity index is 3270. The minimum atomic E-state index is 0.115. The zero-order valence-corrected chi connectivity index (χ0v) is 83.7. The van der Waals surface area contributed by atoms with Crippen LogP contribution in [0.4, 0.5) is 0 Å². The summed E-state index contributed by atoms with van der Waals surface area (Å²) in [5.74, 6) is 5.39. The zero-order valence-electron chi connectivity index (χ0n) is 83.7. The van der Waals surface area contributed by atoms with Gasteiger partial charge in [-0.1, -0.05) is 487 Å². The Morgan fingerprint density at radius 2 is 0.453 bits per heavy atom. The third-order valence-corrected chi connectivity index (χ3v) is 25.6. The molecule has 0 aliphatic rings. The molecule has 17 heteroatoms. The molecule has 0 saturated heterocycles. The number of hydrogen-bond acceptors (Lipinski definition) is 13. The molecule has 5 rings (SSSR count). The molecule has 730 valence electrons. The first-order chi connectivity index (χ1) is 63.4. The Balaban J connectivity index is 1.31. The maximum absolute atomic E-state index is 9.38. The van der Waals surface area contributed by atoms with E-state index in [2.05, 4.69) is 96.5 Å². The lowest BCUT2D eigenvalue weighted by molar-refractivity contribution is 0.233. The van der Waals surface area contributed by atoms with Gasteiger partial charge in [0.1, 0.15) is 24.6 Å². The van der Waals surface area contributed by atoms with Crippen molar-refractivity contribution in [3.63, 3.8) is 0 Å². The molecule has 0 bridgehead atoms. The monoisotopic (exact) mass is 1780 g/mol. The molecule has 0 radical (unpaired) electrons. The topological polar surface area (TPSA) is 184 Å². The van der Waals surface area contributed by atoms with E-state index in [1.807, 2.05) is 40.0 Å². The number of benzene rings is 3. The van der Waals surface area contributed by atoms with E-state index >= 15 is 0 Å². The number of azide groups is 1. The van der Waals surface area contributed by atoms with Crippen LogP contribution in [0.25, 0.3) is 10.4 Å². The molecule has 0 aliphatic heterocycles. The Kier molecular flexibility index (Phi) is 72.3. The Morgan fingerprint density at radius 1 is 0.242 bits per heavy atom. The van der Waals surface area contributed by atoms with Crippen molar-refractivity contribution in [2.45, 2.75) is 537 Å². The molecule has 2 aromatic heterocycles. The van der Waals surface area contributed by atoms with Gasteiger partial charge in [-0.3, -0.25) is 0 Å². The van der Waals surface area contributed by atoms with Gasteiger partial charge in [0.25, 0.3) is 0 Å². The molecular formula is C111H193N9O8. The first kappa shape index (κ1) is 112. The Morgan fingerprint density at radius 3 is 0.688 bits per heavy atom. The summed E-state index contributed by atoms with van der Waals surface area (Å²) in [4.78, 5) is 3.06. The predicted molar refractivity (Wildman–Crippen MR) is 539 cm³/mol. The van der Waals surface area contributed by atoms with Crippen molar-refractivity contribution in [1.29, 1.82) is 0 Å². The fourth-order valence-electron chi connectivity index (χ4n) is 17.5. The average molecular weight is 1780 g/mol. The molecule has 3 aromatic carbocycles. The van der Waals surface area contributed by atoms with Crippen LogP contribution in [-0.2, 0) is 32.8 Å². The van der Waals surface area contributed by atoms with Gasteiger partial charge in [0, 0.05) is 4.91 Å². The second-order valence-electron chi connectivity index (χ2n) is 37.8. The standard InChI is InChI=1S/C111H193N9O8/c1-7-13-19-25-31-37-43-49-55-61-67-73-81-121-106-88-100(89-107(122-82-74-68-62-56-50-44-38-32-26-20-14-8-2)110(106)125-85-77-71-65-59-53-47-41-35-29-23-17-11-5)93-119-95-102(114-117-119)97-127-104-80-79-99(92-113-116-112)87-105(104)128-98-103-96-120(118-115-103)94-101-90-108(123-83-75-69-63-57-51-45-39-33-27-21-15-9-3)111(126-86-78-72-66-60-54-48-42-36-30-24-18-12-6)109(91-101)124-84-76-70-64-58-52-46-40-34-28-22-16-10-4/h79-80,87-91,95-96H,7-78,81-86,92-94,97-98H2,1-6H3. The van der Waals surface area contributed by atoms with E-state index in [1.165, 1.54) is 385 Å². The van der Waals surface area contributed by atoms with E-state index < -0.39 is 0 Å². The van der Waals surface area contributed by atoms with Crippen LogP contribution < -0.4 is 37.9 Å². The number of rotatable bonds is 96. The number of unbranched alkanes of at least 4 members (excludes halogenated alkanes) is 66. The molecule has 0 spiro atoms. The quantitative estimate of drug-likeness (QED) is 0.0156. The molecule has 17 nitrogen and oxygen atoms in total. The molecule has 0 unspecified atom stereocenters. The normalized spacial score (nSPS) is 11.5. The first-order valence-electron chi connectivity index (χ1n) is 54.7. The number of hydrogen-bond donors (Lipinski definition) is 0. The van der Waals surface area contributed by atoms with E-state index in [1.54, 1.807) is 0 Å². The smallest absolute Gasteiger partial charge is 0.203 e. The van der Waals surface area contributed by atoms with E-state index in [9.17, 15) is 5.53 Å². The molecule has 0 saturated carbocycles. The molecule has 128 heavy (non-hydrogen) atoms. The maximum atomic E-state index is 9.38. The van der Waals surface area contributed by atoms with Crippen molar-refractivity contribution in [1.82, 2.24) is 30.0 Å². The van der Waals surface area contributed by atoms with E-state index in [0.717, 1.165) is 128 Å². The van der Waals surface area contributed by atoms with Crippen molar-refractivity contribution >= 4 is 0 Å². The van der Waals surface area contributed by atoms with Gasteiger partial charge in [0.05, 0.1) is 71.7 Å². The summed E-state index contributed by atoms with van der Waals surface area (Å²) in [7, 11) is 0. The summed E-state index contributed by atoms with van der Waals surface area (Å²) in [6, 6.07) is 14.2. The van der Waals surface area contributed by atoms with Crippen molar-refractivity contribution in [2.75, 3.05) is 39.6 Å². The van der Waals surface area contributed by atoms with Gasteiger partial charge in [-0.05, 0) is 97.1 Å². The molecule has 0 fully saturated rings. The number of nitrogens with zero attached hydrogens (tertiary/aromatic N) is 9. The number of aromatic nitrogens is 6. The van der Waals surface area contributed by atoms with Crippen molar-refractivity contribution < 1.29 is 37.9 Å². The van der Waals surface area contributed by atoms with Crippen LogP contribution in [0.3, 0.4) is 0 Å². The van der Waals surface area contributed by atoms with E-state index in [0.29, 0.717) is 75.6 Å². The van der Waals surface area contributed by atoms with Crippen molar-refractivity contribution in [3.05, 3.63) is 93.4 Å². The summed E-state index contributed by atoms with van der Waals surface area (Å²) in [5, 5.41) is 22.5. The molecule has 0 N–H and O–H groups in total. The highest BCUT2D eigenvalue weighted by Gasteiger charge is 2.21. The van der Waals surface area contributed by atoms with Gasteiger partial charge in [-0.15, -0.1) is 10.2 Å². The summed E-state index contributed by atoms with van der Waals surface area (Å²) < 4.78 is 57.9. The van der Waals surface area contributed by atoms with Gasteiger partial charge in [0.2, 0.25) is 11.5 Å². The lowest BCUT2D eigenvalue weighted by atomic mass is 10.1. The van der Waals surface area contributed by atoms with Gasteiger partial charge >= 0.3 is 0 Å². The van der Waals surface area contributed by atoms with E-state index in [4.69, 9.17) is 37.9 Å². The summed E-state index contributed by atoms with van der Waals surface area (Å²) >= 11 is 0. The lowest BCUT2D eigenvalue weighted by Gasteiger charge is -2.19. The molecule has 0 aliphatic carbocycles. The molecular weight excluding hydrogens is 1590 g/mol.